The second-order valence-corrected chi connectivity index (χ2v) is 6.87. The predicted octanol–water partition coefficient (Wildman–Crippen LogP) is 2.80. The molecular formula is C21H24N4O2. The topological polar surface area (TPSA) is 76.0 Å². The number of carbonyl (C=O) groups excluding carboxylic acids is 2. The summed E-state index contributed by atoms with van der Waals surface area (Å²) in [6, 6.07) is 15.1. The van der Waals surface area contributed by atoms with Crippen LogP contribution in [0.1, 0.15) is 35.6 Å². The molecule has 0 aliphatic heterocycles. The maximum absolute atomic E-state index is 12.4. The van der Waals surface area contributed by atoms with Gasteiger partial charge >= 0.3 is 0 Å². The summed E-state index contributed by atoms with van der Waals surface area (Å²) in [6.07, 6.45) is 0. The van der Waals surface area contributed by atoms with Crippen molar-refractivity contribution < 1.29 is 9.59 Å². The van der Waals surface area contributed by atoms with Crippen molar-refractivity contribution in [1.29, 1.82) is 0 Å². The molecule has 0 fully saturated rings. The second-order valence-electron chi connectivity index (χ2n) is 6.87. The molecule has 0 saturated heterocycles. The van der Waals surface area contributed by atoms with E-state index in [1.54, 1.807) is 12.1 Å². The van der Waals surface area contributed by atoms with E-state index in [1.165, 1.54) is 0 Å². The molecule has 140 valence electrons. The van der Waals surface area contributed by atoms with Crippen LogP contribution in [-0.2, 0) is 17.9 Å². The van der Waals surface area contributed by atoms with Crippen molar-refractivity contribution in [3.63, 3.8) is 0 Å². The van der Waals surface area contributed by atoms with Gasteiger partial charge in [0.15, 0.2) is 0 Å². The van der Waals surface area contributed by atoms with Crippen molar-refractivity contribution in [2.45, 2.75) is 39.9 Å². The van der Waals surface area contributed by atoms with Crippen molar-refractivity contribution in [1.82, 2.24) is 20.2 Å². The van der Waals surface area contributed by atoms with E-state index in [2.05, 4.69) is 15.6 Å². The van der Waals surface area contributed by atoms with E-state index in [0.29, 0.717) is 11.4 Å². The first-order valence-corrected chi connectivity index (χ1v) is 9.02. The van der Waals surface area contributed by atoms with Gasteiger partial charge in [-0.25, -0.2) is 4.98 Å². The number of fused-ring (bicyclic) bond motifs is 1. The third-order valence-electron chi connectivity index (χ3n) is 4.21. The highest BCUT2D eigenvalue weighted by Gasteiger charge is 2.15. The van der Waals surface area contributed by atoms with Crippen LogP contribution < -0.4 is 10.6 Å². The van der Waals surface area contributed by atoms with Gasteiger partial charge in [0.05, 0.1) is 17.6 Å². The molecule has 0 unspecified atom stereocenters. The molecule has 6 heteroatoms. The molecule has 0 atom stereocenters. The lowest BCUT2D eigenvalue weighted by molar-refractivity contribution is -0.122. The molecule has 0 spiro atoms. The first-order chi connectivity index (χ1) is 12.9. The predicted molar refractivity (Wildman–Crippen MR) is 105 cm³/mol. The Balaban J connectivity index is 1.80. The van der Waals surface area contributed by atoms with Crippen molar-refractivity contribution in [3.05, 3.63) is 65.5 Å². The monoisotopic (exact) mass is 364 g/mol. The van der Waals surface area contributed by atoms with E-state index in [1.807, 2.05) is 61.7 Å². The van der Waals surface area contributed by atoms with Crippen LogP contribution in [0, 0.1) is 6.92 Å². The van der Waals surface area contributed by atoms with Crippen molar-refractivity contribution in [2.24, 2.45) is 0 Å². The van der Waals surface area contributed by atoms with Crippen molar-refractivity contribution >= 4 is 22.8 Å². The smallest absolute Gasteiger partial charge is 0.251 e. The maximum Gasteiger partial charge on any atom is 0.251 e. The Morgan fingerprint density at radius 2 is 1.78 bits per heavy atom. The van der Waals surface area contributed by atoms with E-state index in [9.17, 15) is 9.59 Å². The zero-order chi connectivity index (χ0) is 19.4. The zero-order valence-corrected chi connectivity index (χ0v) is 15.8. The zero-order valence-electron chi connectivity index (χ0n) is 15.8. The fourth-order valence-corrected chi connectivity index (χ4v) is 2.91. The lowest BCUT2D eigenvalue weighted by Crippen LogP contribution is -2.34. The van der Waals surface area contributed by atoms with Gasteiger partial charge in [0.1, 0.15) is 12.4 Å². The minimum Gasteiger partial charge on any atom is -0.352 e. The summed E-state index contributed by atoms with van der Waals surface area (Å²) < 4.78 is 1.85. The van der Waals surface area contributed by atoms with Crippen LogP contribution in [0.15, 0.2) is 48.5 Å². The normalized spacial score (nSPS) is 11.0. The molecule has 2 amide bonds. The van der Waals surface area contributed by atoms with Crippen LogP contribution in [0.4, 0.5) is 0 Å². The van der Waals surface area contributed by atoms with Crippen molar-refractivity contribution in [2.75, 3.05) is 0 Å². The van der Waals surface area contributed by atoms with E-state index in [4.69, 9.17) is 0 Å². The molecule has 2 N–H and O–H groups in total. The fourth-order valence-electron chi connectivity index (χ4n) is 2.91. The number of aromatic nitrogens is 2. The molecule has 3 aromatic rings. The van der Waals surface area contributed by atoms with Gasteiger partial charge in [-0.05, 0) is 45.0 Å². The lowest BCUT2D eigenvalue weighted by Gasteiger charge is -2.12. The molecular weight excluding hydrogens is 340 g/mol. The Morgan fingerprint density at radius 3 is 2.48 bits per heavy atom. The average Bonchev–Trinajstić information content (AvgIpc) is 2.97. The van der Waals surface area contributed by atoms with Crippen LogP contribution >= 0.6 is 0 Å². The van der Waals surface area contributed by atoms with E-state index < -0.39 is 0 Å². The highest BCUT2D eigenvalue weighted by molar-refractivity contribution is 5.94. The quantitative estimate of drug-likeness (QED) is 0.706. The number of hydrogen-bond acceptors (Lipinski definition) is 3. The van der Waals surface area contributed by atoms with Crippen LogP contribution in [0.3, 0.4) is 0 Å². The molecule has 0 aliphatic rings. The molecule has 2 aromatic carbocycles. The van der Waals surface area contributed by atoms with E-state index in [-0.39, 0.29) is 30.9 Å². The largest absolute Gasteiger partial charge is 0.352 e. The summed E-state index contributed by atoms with van der Waals surface area (Å²) >= 11 is 0. The highest BCUT2D eigenvalue weighted by atomic mass is 16.2. The molecule has 1 heterocycles. The number of nitrogens with zero attached hydrogens (tertiary/aromatic N) is 2. The Bertz CT molecular complexity index is 958. The summed E-state index contributed by atoms with van der Waals surface area (Å²) in [6.45, 7) is 6.23. The minimum atomic E-state index is -0.166. The summed E-state index contributed by atoms with van der Waals surface area (Å²) in [4.78, 5) is 29.3. The molecule has 3 rings (SSSR count). The number of carbonyl (C=O) groups is 2. The van der Waals surface area contributed by atoms with Gasteiger partial charge in [0.25, 0.3) is 5.91 Å². The number of imidazole rings is 1. The highest BCUT2D eigenvalue weighted by Crippen LogP contribution is 2.16. The van der Waals surface area contributed by atoms with Crippen LogP contribution in [-0.4, -0.2) is 27.4 Å². The van der Waals surface area contributed by atoms with Gasteiger partial charge in [-0.2, -0.15) is 0 Å². The Morgan fingerprint density at radius 1 is 1.07 bits per heavy atom. The first kappa shape index (κ1) is 18.6. The van der Waals surface area contributed by atoms with Gasteiger partial charge in [-0.3, -0.25) is 9.59 Å². The first-order valence-electron chi connectivity index (χ1n) is 9.02. The van der Waals surface area contributed by atoms with Crippen LogP contribution in [0.25, 0.3) is 11.0 Å². The number of amides is 2. The third kappa shape index (κ3) is 4.53. The Kier molecular flexibility index (Phi) is 5.54. The van der Waals surface area contributed by atoms with Gasteiger partial charge in [0, 0.05) is 11.6 Å². The molecule has 0 bridgehead atoms. The van der Waals surface area contributed by atoms with Gasteiger partial charge in [-0.15, -0.1) is 0 Å². The molecule has 0 aliphatic carbocycles. The van der Waals surface area contributed by atoms with Crippen molar-refractivity contribution in [3.8, 4) is 0 Å². The Hall–Kier alpha value is -3.15. The number of nitrogens with one attached hydrogen (secondary N) is 2. The second kappa shape index (κ2) is 8.03. The average molecular weight is 364 g/mol. The SMILES string of the molecule is Cc1ccc(C(=O)NCc2nc3ccccc3n2CC(=O)NC(C)C)cc1. The molecule has 6 nitrogen and oxygen atoms in total. The summed E-state index contributed by atoms with van der Waals surface area (Å²) in [5, 5.41) is 5.79. The van der Waals surface area contributed by atoms with E-state index >= 15 is 0 Å². The van der Waals surface area contributed by atoms with Crippen LogP contribution in [0.2, 0.25) is 0 Å². The number of rotatable bonds is 6. The number of hydrogen-bond donors (Lipinski definition) is 2. The minimum absolute atomic E-state index is 0.0666. The molecule has 0 saturated carbocycles. The number of para-hydroxylation sites is 2. The summed E-state index contributed by atoms with van der Waals surface area (Å²) in [5.74, 6) is 0.398. The molecule has 0 radical (unpaired) electrons. The van der Waals surface area contributed by atoms with Crippen LogP contribution in [0.5, 0.6) is 0 Å². The lowest BCUT2D eigenvalue weighted by atomic mass is 10.1. The number of benzene rings is 2. The molecule has 1 aromatic heterocycles. The van der Waals surface area contributed by atoms with Gasteiger partial charge in [0.2, 0.25) is 5.91 Å². The van der Waals surface area contributed by atoms with Gasteiger partial charge < -0.3 is 15.2 Å². The maximum atomic E-state index is 12.4. The Labute approximate surface area is 158 Å². The number of aryl methyl sites for hydroxylation is 1. The van der Waals surface area contributed by atoms with E-state index in [0.717, 1.165) is 16.6 Å². The van der Waals surface area contributed by atoms with Gasteiger partial charge in [-0.1, -0.05) is 29.8 Å². The standard InChI is InChI=1S/C21H24N4O2/c1-14(2)23-20(26)13-25-18-7-5-4-6-17(18)24-19(25)12-22-21(27)16-10-8-15(3)9-11-16/h4-11,14H,12-13H2,1-3H3,(H,22,27)(H,23,26). The summed E-state index contributed by atoms with van der Waals surface area (Å²) in [7, 11) is 0. The molecule has 27 heavy (non-hydrogen) atoms. The summed E-state index contributed by atoms with van der Waals surface area (Å²) in [5.41, 5.74) is 3.37. The third-order valence-corrected chi connectivity index (χ3v) is 4.21. The fraction of sp³-hybridized carbons (Fsp3) is 0.286.